The first-order valence-corrected chi connectivity index (χ1v) is 17.3. The van der Waals surface area contributed by atoms with Gasteiger partial charge in [-0.3, -0.25) is 13.9 Å². The average molecular weight is 624 g/mol. The molecule has 230 valence electrons. The minimum atomic E-state index is -3.61. The smallest absolute Gasteiger partial charge is 0.243 e. The molecule has 0 spiro atoms. The fraction of sp³-hybridized carbons (Fsp3) is 0.412. The van der Waals surface area contributed by atoms with Crippen molar-refractivity contribution in [3.8, 4) is 0 Å². The molecule has 0 heterocycles. The van der Waals surface area contributed by atoms with Gasteiger partial charge in [-0.2, -0.15) is 0 Å². The lowest BCUT2D eigenvalue weighted by atomic mass is 9.94. The molecule has 3 aromatic carbocycles. The Morgan fingerprint density at radius 3 is 2.28 bits per heavy atom. The van der Waals surface area contributed by atoms with E-state index >= 15 is 0 Å². The third-order valence-corrected chi connectivity index (χ3v) is 9.37. The Morgan fingerprint density at radius 2 is 1.63 bits per heavy atom. The molecule has 2 amide bonds. The van der Waals surface area contributed by atoms with Gasteiger partial charge in [-0.1, -0.05) is 97.1 Å². The molecular weight excluding hydrogens is 582 g/mol. The molecule has 0 radical (unpaired) electrons. The fourth-order valence-electron chi connectivity index (χ4n) is 5.62. The number of nitrogens with zero attached hydrogens (tertiary/aromatic N) is 2. The fourth-order valence-corrected chi connectivity index (χ4v) is 6.77. The second-order valence-electron chi connectivity index (χ2n) is 11.5. The molecule has 0 unspecified atom stereocenters. The van der Waals surface area contributed by atoms with Crippen LogP contribution >= 0.6 is 11.6 Å². The highest BCUT2D eigenvalue weighted by Gasteiger charge is 2.32. The van der Waals surface area contributed by atoms with Crippen molar-refractivity contribution in [3.63, 3.8) is 0 Å². The summed E-state index contributed by atoms with van der Waals surface area (Å²) in [5.41, 5.74) is 3.46. The van der Waals surface area contributed by atoms with Crippen LogP contribution in [0.2, 0.25) is 5.02 Å². The second-order valence-corrected chi connectivity index (χ2v) is 13.8. The summed E-state index contributed by atoms with van der Waals surface area (Å²) in [5, 5.41) is 3.69. The van der Waals surface area contributed by atoms with E-state index in [0.29, 0.717) is 17.1 Å². The first-order chi connectivity index (χ1) is 20.6. The molecule has 7 nitrogen and oxygen atoms in total. The molecule has 3 aromatic rings. The molecule has 1 fully saturated rings. The summed E-state index contributed by atoms with van der Waals surface area (Å²) in [6.07, 6.45) is 7.14. The molecule has 9 heteroatoms. The van der Waals surface area contributed by atoms with Crippen LogP contribution < -0.4 is 9.62 Å². The van der Waals surface area contributed by atoms with Crippen LogP contribution in [0.5, 0.6) is 0 Å². The Morgan fingerprint density at radius 1 is 0.930 bits per heavy atom. The Kier molecular flexibility index (Phi) is 11.7. The SMILES string of the molecule is Cc1ccc(CN(C(=O)CCCN(c2cccc(Cl)c2)S(C)(=O)=O)[C@@H](Cc2ccccc2)C(=O)NC2CCCCC2)cc1. The number of nitrogens with one attached hydrogen (secondary N) is 1. The molecule has 0 saturated heterocycles. The minimum Gasteiger partial charge on any atom is -0.352 e. The van der Waals surface area contributed by atoms with Crippen molar-refractivity contribution in [2.45, 2.75) is 76.9 Å². The highest BCUT2D eigenvalue weighted by Crippen LogP contribution is 2.24. The van der Waals surface area contributed by atoms with E-state index in [0.717, 1.165) is 48.6 Å². The van der Waals surface area contributed by atoms with Crippen LogP contribution in [0.25, 0.3) is 0 Å². The molecule has 1 aliphatic rings. The normalized spacial score (nSPS) is 14.6. The third kappa shape index (κ3) is 9.83. The summed E-state index contributed by atoms with van der Waals surface area (Å²) in [5.74, 6) is -0.340. The van der Waals surface area contributed by atoms with Crippen molar-refractivity contribution in [2.75, 3.05) is 17.1 Å². The number of anilines is 1. The number of carbonyl (C=O) groups excluding carboxylic acids is 2. The number of rotatable bonds is 13. The summed E-state index contributed by atoms with van der Waals surface area (Å²) in [6, 6.07) is 23.8. The van der Waals surface area contributed by atoms with Crippen molar-refractivity contribution in [3.05, 3.63) is 101 Å². The van der Waals surface area contributed by atoms with Crippen LogP contribution in [0.15, 0.2) is 78.9 Å². The summed E-state index contributed by atoms with van der Waals surface area (Å²) in [4.78, 5) is 29.6. The molecule has 1 N–H and O–H groups in total. The van der Waals surface area contributed by atoms with E-state index in [1.54, 1.807) is 29.2 Å². The molecule has 43 heavy (non-hydrogen) atoms. The number of hydrogen-bond acceptors (Lipinski definition) is 4. The first-order valence-electron chi connectivity index (χ1n) is 15.0. The molecule has 1 atom stereocenters. The van der Waals surface area contributed by atoms with Gasteiger partial charge in [0.25, 0.3) is 0 Å². The average Bonchev–Trinajstić information content (AvgIpc) is 2.98. The van der Waals surface area contributed by atoms with Crippen LogP contribution in [-0.4, -0.2) is 50.0 Å². The predicted molar refractivity (Wildman–Crippen MR) is 174 cm³/mol. The highest BCUT2D eigenvalue weighted by atomic mass is 35.5. The summed E-state index contributed by atoms with van der Waals surface area (Å²) in [6.45, 7) is 2.40. The molecular formula is C34H42ClN3O4S. The van der Waals surface area contributed by atoms with Crippen molar-refractivity contribution in [2.24, 2.45) is 0 Å². The second kappa shape index (κ2) is 15.4. The van der Waals surface area contributed by atoms with Gasteiger partial charge in [-0.05, 0) is 55.5 Å². The van der Waals surface area contributed by atoms with Crippen molar-refractivity contribution in [1.29, 1.82) is 0 Å². The highest BCUT2D eigenvalue weighted by molar-refractivity contribution is 7.92. The van der Waals surface area contributed by atoms with Crippen LogP contribution in [0.4, 0.5) is 5.69 Å². The maximum Gasteiger partial charge on any atom is 0.243 e. The topological polar surface area (TPSA) is 86.8 Å². The number of sulfonamides is 1. The van der Waals surface area contributed by atoms with Crippen molar-refractivity contribution in [1.82, 2.24) is 10.2 Å². The first kappa shape index (κ1) is 32.6. The van der Waals surface area contributed by atoms with E-state index in [2.05, 4.69) is 5.32 Å². The van der Waals surface area contributed by atoms with Gasteiger partial charge in [0, 0.05) is 37.0 Å². The van der Waals surface area contributed by atoms with E-state index in [4.69, 9.17) is 11.6 Å². The van der Waals surface area contributed by atoms with Crippen LogP contribution in [0.3, 0.4) is 0 Å². The summed E-state index contributed by atoms with van der Waals surface area (Å²) >= 11 is 6.13. The monoisotopic (exact) mass is 623 g/mol. The lowest BCUT2D eigenvalue weighted by Gasteiger charge is -2.34. The predicted octanol–water partition coefficient (Wildman–Crippen LogP) is 6.28. The standard InChI is InChI=1S/C34H42ClN3O4S/c1-26-18-20-28(21-19-26)25-37(33(39)17-10-22-38(43(2,41)42)31-16-9-13-29(35)24-31)32(23-27-11-5-3-6-12-27)34(40)36-30-14-7-4-8-15-30/h3,5-6,9,11-13,16,18-21,24,30,32H,4,7-8,10,14-15,17,22-23,25H2,1-2H3,(H,36,40)/t32-/m0/s1. The molecule has 0 aromatic heterocycles. The van der Waals surface area contributed by atoms with Gasteiger partial charge in [-0.15, -0.1) is 0 Å². The quantitative estimate of drug-likeness (QED) is 0.243. The Bertz CT molecular complexity index is 1460. The maximum atomic E-state index is 14.0. The van der Waals surface area contributed by atoms with Crippen LogP contribution in [0.1, 0.15) is 61.6 Å². The molecule has 1 saturated carbocycles. The Hall–Kier alpha value is -3.36. The molecule has 1 aliphatic carbocycles. The Labute approximate surface area is 261 Å². The molecule has 4 rings (SSSR count). The van der Waals surface area contributed by atoms with Crippen LogP contribution in [0, 0.1) is 6.92 Å². The number of aryl methyl sites for hydroxylation is 1. The lowest BCUT2D eigenvalue weighted by molar-refractivity contribution is -0.141. The zero-order valence-corrected chi connectivity index (χ0v) is 26.6. The minimum absolute atomic E-state index is 0.0838. The number of benzene rings is 3. The summed E-state index contributed by atoms with van der Waals surface area (Å²) in [7, 11) is -3.61. The lowest BCUT2D eigenvalue weighted by Crippen LogP contribution is -2.52. The van der Waals surface area contributed by atoms with Gasteiger partial charge in [0.05, 0.1) is 11.9 Å². The van der Waals surface area contributed by atoms with E-state index in [-0.39, 0.29) is 43.8 Å². The number of amides is 2. The van der Waals surface area contributed by atoms with Gasteiger partial charge in [0.2, 0.25) is 21.8 Å². The zero-order valence-electron chi connectivity index (χ0n) is 25.0. The van der Waals surface area contributed by atoms with Crippen molar-refractivity contribution < 1.29 is 18.0 Å². The zero-order chi connectivity index (χ0) is 30.8. The van der Waals surface area contributed by atoms with E-state index < -0.39 is 16.1 Å². The van der Waals surface area contributed by atoms with Gasteiger partial charge in [0.1, 0.15) is 6.04 Å². The van der Waals surface area contributed by atoms with Crippen LogP contribution in [-0.2, 0) is 32.6 Å². The Balaban J connectivity index is 1.58. The number of carbonyl (C=O) groups is 2. The van der Waals surface area contributed by atoms with Crippen molar-refractivity contribution >= 4 is 39.1 Å². The molecule has 0 bridgehead atoms. The number of hydrogen-bond donors (Lipinski definition) is 1. The summed E-state index contributed by atoms with van der Waals surface area (Å²) < 4.78 is 26.6. The third-order valence-electron chi connectivity index (χ3n) is 7.94. The van der Waals surface area contributed by atoms with Gasteiger partial charge < -0.3 is 10.2 Å². The number of halogens is 1. The van der Waals surface area contributed by atoms with Gasteiger partial charge in [-0.25, -0.2) is 8.42 Å². The largest absolute Gasteiger partial charge is 0.352 e. The van der Waals surface area contributed by atoms with Gasteiger partial charge >= 0.3 is 0 Å². The van der Waals surface area contributed by atoms with E-state index in [1.807, 2.05) is 61.5 Å². The van der Waals surface area contributed by atoms with Gasteiger partial charge in [0.15, 0.2) is 0 Å². The molecule has 0 aliphatic heterocycles. The van der Waals surface area contributed by atoms with E-state index in [9.17, 15) is 18.0 Å². The maximum absolute atomic E-state index is 14.0. The van der Waals surface area contributed by atoms with E-state index in [1.165, 1.54) is 10.7 Å².